The SMILES string of the molecule is CC1CN(C(=O)c2ccc([N+](=O)[O-])c(Cl)c2)c2cccnc2O1. The van der Waals surface area contributed by atoms with Crippen LogP contribution in [0.15, 0.2) is 36.5 Å². The molecule has 1 unspecified atom stereocenters. The van der Waals surface area contributed by atoms with Crippen molar-refractivity contribution in [1.82, 2.24) is 4.98 Å². The molecular formula is C15H12ClN3O4. The molecule has 2 aromatic rings. The average Bonchev–Trinajstić information content (AvgIpc) is 2.52. The molecule has 8 heteroatoms. The number of pyridine rings is 1. The highest BCUT2D eigenvalue weighted by Crippen LogP contribution is 2.33. The van der Waals surface area contributed by atoms with Crippen LogP contribution < -0.4 is 9.64 Å². The van der Waals surface area contributed by atoms with Crippen molar-refractivity contribution in [3.63, 3.8) is 0 Å². The minimum Gasteiger partial charge on any atom is -0.471 e. The molecule has 1 aromatic heterocycles. The molecule has 0 radical (unpaired) electrons. The molecule has 118 valence electrons. The molecule has 1 amide bonds. The van der Waals surface area contributed by atoms with Gasteiger partial charge in [-0.15, -0.1) is 0 Å². The number of anilines is 1. The van der Waals surface area contributed by atoms with Crippen LogP contribution in [0.1, 0.15) is 17.3 Å². The fourth-order valence-corrected chi connectivity index (χ4v) is 2.65. The minimum atomic E-state index is -0.591. The topological polar surface area (TPSA) is 85.6 Å². The second-order valence-electron chi connectivity index (χ2n) is 5.10. The second-order valence-corrected chi connectivity index (χ2v) is 5.50. The number of nitro groups is 1. The quantitative estimate of drug-likeness (QED) is 0.622. The zero-order valence-corrected chi connectivity index (χ0v) is 12.9. The Balaban J connectivity index is 1.98. The number of fused-ring (bicyclic) bond motifs is 1. The molecule has 23 heavy (non-hydrogen) atoms. The van der Waals surface area contributed by atoms with Crippen LogP contribution >= 0.6 is 11.6 Å². The number of nitro benzene ring substituents is 1. The summed E-state index contributed by atoms with van der Waals surface area (Å²) in [5.74, 6) is 0.0683. The maximum atomic E-state index is 12.8. The van der Waals surface area contributed by atoms with Crippen molar-refractivity contribution in [2.24, 2.45) is 0 Å². The molecule has 0 N–H and O–H groups in total. The number of hydrogen-bond donors (Lipinski definition) is 0. The Morgan fingerprint density at radius 1 is 1.48 bits per heavy atom. The first-order valence-corrected chi connectivity index (χ1v) is 7.22. The summed E-state index contributed by atoms with van der Waals surface area (Å²) in [6.45, 7) is 2.19. The van der Waals surface area contributed by atoms with E-state index in [1.807, 2.05) is 6.92 Å². The lowest BCUT2D eigenvalue weighted by Crippen LogP contribution is -2.42. The standard InChI is InChI=1S/C15H12ClN3O4/c1-9-8-18(13-3-2-6-17-14(13)23-9)15(20)10-4-5-12(19(21)22)11(16)7-10/h2-7,9H,8H2,1H3. The number of benzene rings is 1. The van der Waals surface area contributed by atoms with Gasteiger partial charge in [0.15, 0.2) is 0 Å². The van der Waals surface area contributed by atoms with Crippen molar-refractivity contribution < 1.29 is 14.5 Å². The van der Waals surface area contributed by atoms with Crippen LogP contribution in [0.5, 0.6) is 5.88 Å². The third kappa shape index (κ3) is 2.83. The lowest BCUT2D eigenvalue weighted by Gasteiger charge is -2.32. The number of ether oxygens (including phenoxy) is 1. The maximum Gasteiger partial charge on any atom is 0.287 e. The molecule has 1 aliphatic heterocycles. The molecule has 7 nitrogen and oxygen atoms in total. The van der Waals surface area contributed by atoms with Crippen molar-refractivity contribution in [2.45, 2.75) is 13.0 Å². The highest BCUT2D eigenvalue weighted by atomic mass is 35.5. The van der Waals surface area contributed by atoms with E-state index in [0.29, 0.717) is 18.1 Å². The highest BCUT2D eigenvalue weighted by Gasteiger charge is 2.29. The van der Waals surface area contributed by atoms with Gasteiger partial charge in [-0.25, -0.2) is 4.98 Å². The van der Waals surface area contributed by atoms with E-state index < -0.39 is 4.92 Å². The van der Waals surface area contributed by atoms with Crippen LogP contribution in [0.4, 0.5) is 11.4 Å². The van der Waals surface area contributed by atoms with E-state index in [1.165, 1.54) is 23.1 Å². The van der Waals surface area contributed by atoms with E-state index in [4.69, 9.17) is 16.3 Å². The largest absolute Gasteiger partial charge is 0.471 e. The third-order valence-corrected chi connectivity index (χ3v) is 3.73. The van der Waals surface area contributed by atoms with E-state index in [1.54, 1.807) is 18.3 Å². The molecule has 1 atom stereocenters. The summed E-state index contributed by atoms with van der Waals surface area (Å²) in [6, 6.07) is 7.37. The summed E-state index contributed by atoms with van der Waals surface area (Å²) in [5.41, 5.74) is 0.593. The Hall–Kier alpha value is -2.67. The van der Waals surface area contributed by atoms with Crippen LogP contribution in [0.25, 0.3) is 0 Å². The zero-order valence-electron chi connectivity index (χ0n) is 12.1. The van der Waals surface area contributed by atoms with Gasteiger partial charge in [0.1, 0.15) is 16.8 Å². The maximum absolute atomic E-state index is 12.8. The lowest BCUT2D eigenvalue weighted by atomic mass is 10.1. The molecule has 0 bridgehead atoms. The van der Waals surface area contributed by atoms with E-state index >= 15 is 0 Å². The van der Waals surface area contributed by atoms with Gasteiger partial charge in [0.25, 0.3) is 11.6 Å². The first-order chi connectivity index (χ1) is 11.0. The number of aromatic nitrogens is 1. The van der Waals surface area contributed by atoms with E-state index in [2.05, 4.69) is 4.98 Å². The van der Waals surface area contributed by atoms with Crippen LogP contribution in [0, 0.1) is 10.1 Å². The molecule has 1 aromatic carbocycles. The van der Waals surface area contributed by atoms with Gasteiger partial charge >= 0.3 is 0 Å². The van der Waals surface area contributed by atoms with Gasteiger partial charge in [0.05, 0.1) is 11.5 Å². The highest BCUT2D eigenvalue weighted by molar-refractivity contribution is 6.33. The Bertz CT molecular complexity index is 796. The number of amides is 1. The minimum absolute atomic E-state index is 0.0754. The van der Waals surface area contributed by atoms with Gasteiger partial charge in [-0.2, -0.15) is 0 Å². The molecule has 2 heterocycles. The Morgan fingerprint density at radius 3 is 2.96 bits per heavy atom. The first kappa shape index (κ1) is 15.2. The molecule has 1 aliphatic rings. The molecule has 0 saturated heterocycles. The predicted molar refractivity (Wildman–Crippen MR) is 84.1 cm³/mol. The number of hydrogen-bond acceptors (Lipinski definition) is 5. The summed E-state index contributed by atoms with van der Waals surface area (Å²) in [5, 5.41) is 10.7. The lowest BCUT2D eigenvalue weighted by molar-refractivity contribution is -0.384. The van der Waals surface area contributed by atoms with Gasteiger partial charge in [-0.05, 0) is 31.2 Å². The average molecular weight is 334 g/mol. The molecule has 0 fully saturated rings. The summed E-state index contributed by atoms with van der Waals surface area (Å²) in [4.78, 5) is 28.6. The molecule has 0 saturated carbocycles. The summed E-state index contributed by atoms with van der Waals surface area (Å²) >= 11 is 5.89. The molecular weight excluding hydrogens is 322 g/mol. The number of rotatable bonds is 2. The van der Waals surface area contributed by atoms with Gasteiger partial charge in [-0.1, -0.05) is 11.6 Å². The number of carbonyl (C=O) groups is 1. The van der Waals surface area contributed by atoms with Crippen molar-refractivity contribution in [2.75, 3.05) is 11.4 Å². The normalized spacial score (nSPS) is 16.4. The summed E-state index contributed by atoms with van der Waals surface area (Å²) < 4.78 is 5.60. The van der Waals surface area contributed by atoms with Gasteiger partial charge in [0.2, 0.25) is 5.88 Å². The van der Waals surface area contributed by atoms with Crippen molar-refractivity contribution in [1.29, 1.82) is 0 Å². The smallest absolute Gasteiger partial charge is 0.287 e. The Morgan fingerprint density at radius 2 is 2.26 bits per heavy atom. The van der Waals surface area contributed by atoms with Crippen molar-refractivity contribution in [3.05, 3.63) is 57.2 Å². The van der Waals surface area contributed by atoms with Gasteiger partial charge in [-0.3, -0.25) is 19.8 Å². The molecule has 0 spiro atoms. The number of carbonyl (C=O) groups excluding carboxylic acids is 1. The van der Waals surface area contributed by atoms with Crippen molar-refractivity contribution >= 4 is 28.9 Å². The Kier molecular flexibility index (Phi) is 3.87. The van der Waals surface area contributed by atoms with Gasteiger partial charge in [0, 0.05) is 17.8 Å². The third-order valence-electron chi connectivity index (χ3n) is 3.43. The van der Waals surface area contributed by atoms with E-state index in [0.717, 1.165) is 0 Å². The zero-order chi connectivity index (χ0) is 16.6. The second kappa shape index (κ2) is 5.85. The monoisotopic (exact) mass is 333 g/mol. The van der Waals surface area contributed by atoms with Crippen LogP contribution in [0.3, 0.4) is 0 Å². The van der Waals surface area contributed by atoms with Crippen LogP contribution in [-0.2, 0) is 0 Å². The first-order valence-electron chi connectivity index (χ1n) is 6.85. The van der Waals surface area contributed by atoms with E-state index in [9.17, 15) is 14.9 Å². The Labute approximate surface area is 136 Å². The molecule has 3 rings (SSSR count). The number of nitrogens with zero attached hydrogens (tertiary/aromatic N) is 3. The molecule has 0 aliphatic carbocycles. The fraction of sp³-hybridized carbons (Fsp3) is 0.200. The fourth-order valence-electron chi connectivity index (χ4n) is 2.40. The van der Waals surface area contributed by atoms with Crippen molar-refractivity contribution in [3.8, 4) is 5.88 Å². The summed E-state index contributed by atoms with van der Waals surface area (Å²) in [6.07, 6.45) is 1.37. The van der Waals surface area contributed by atoms with E-state index in [-0.39, 0.29) is 28.3 Å². The predicted octanol–water partition coefficient (Wildman–Crippen LogP) is 3.07. The van der Waals surface area contributed by atoms with Crippen LogP contribution in [0.2, 0.25) is 5.02 Å². The summed E-state index contributed by atoms with van der Waals surface area (Å²) in [7, 11) is 0. The number of halogens is 1. The van der Waals surface area contributed by atoms with Crippen LogP contribution in [-0.4, -0.2) is 28.5 Å². The van der Waals surface area contributed by atoms with Gasteiger partial charge < -0.3 is 4.74 Å².